The van der Waals surface area contributed by atoms with Gasteiger partial charge in [-0.15, -0.1) is 0 Å². The van der Waals surface area contributed by atoms with Crippen molar-refractivity contribution in [2.45, 2.75) is 26.0 Å². The number of carbonyl (C=O) groups is 2. The molecule has 1 heterocycles. The second-order valence-corrected chi connectivity index (χ2v) is 8.16. The molecule has 0 radical (unpaired) electrons. The van der Waals surface area contributed by atoms with Crippen LogP contribution in [0.2, 0.25) is 0 Å². The van der Waals surface area contributed by atoms with Crippen LogP contribution in [0.15, 0.2) is 102 Å². The van der Waals surface area contributed by atoms with Gasteiger partial charge >= 0.3 is 0 Å². The second kappa shape index (κ2) is 11.8. The average molecular weight is 470 g/mol. The van der Waals surface area contributed by atoms with E-state index in [1.807, 2.05) is 84.9 Å². The van der Waals surface area contributed by atoms with Gasteiger partial charge in [-0.2, -0.15) is 0 Å². The Kier molecular flexibility index (Phi) is 8.09. The van der Waals surface area contributed by atoms with E-state index in [1.165, 1.54) is 6.26 Å². The highest BCUT2D eigenvalue weighted by molar-refractivity contribution is 5.97. The lowest BCUT2D eigenvalue weighted by molar-refractivity contribution is -0.121. The van der Waals surface area contributed by atoms with Gasteiger partial charge in [0.25, 0.3) is 5.91 Å². The van der Waals surface area contributed by atoms with Crippen molar-refractivity contribution < 1.29 is 23.5 Å². The molecule has 1 aromatic heterocycles. The molecule has 0 aliphatic rings. The summed E-state index contributed by atoms with van der Waals surface area (Å²) in [5.74, 6) is 1.00. The molecule has 1 N–H and O–H groups in total. The molecular formula is C29H27NO5. The molecule has 0 fully saturated rings. The van der Waals surface area contributed by atoms with Crippen LogP contribution in [0.4, 0.5) is 0 Å². The third kappa shape index (κ3) is 6.91. The molecule has 1 unspecified atom stereocenters. The predicted molar refractivity (Wildman–Crippen MR) is 132 cm³/mol. The van der Waals surface area contributed by atoms with E-state index in [2.05, 4.69) is 5.32 Å². The van der Waals surface area contributed by atoms with Crippen LogP contribution in [0, 0.1) is 6.92 Å². The van der Waals surface area contributed by atoms with Crippen molar-refractivity contribution in [1.82, 2.24) is 5.32 Å². The third-order valence-electron chi connectivity index (χ3n) is 5.44. The van der Waals surface area contributed by atoms with E-state index in [4.69, 9.17) is 13.9 Å². The SMILES string of the molecule is Cc1ccoc1C(=O)NC(COCc1ccccc1)C(=O)Cc1ccc(Oc2ccccc2)cc1. The van der Waals surface area contributed by atoms with Crippen molar-refractivity contribution in [1.29, 1.82) is 0 Å². The van der Waals surface area contributed by atoms with Crippen LogP contribution < -0.4 is 10.1 Å². The first kappa shape index (κ1) is 24.0. The number of furan rings is 1. The van der Waals surface area contributed by atoms with Crippen molar-refractivity contribution in [3.63, 3.8) is 0 Å². The van der Waals surface area contributed by atoms with Crippen molar-refractivity contribution >= 4 is 11.7 Å². The minimum Gasteiger partial charge on any atom is -0.459 e. The molecule has 0 saturated heterocycles. The maximum atomic E-state index is 13.2. The number of nitrogens with one attached hydrogen (secondary N) is 1. The Labute approximate surface area is 204 Å². The summed E-state index contributed by atoms with van der Waals surface area (Å²) in [5.41, 5.74) is 2.50. The Bertz CT molecular complexity index is 1230. The number of aryl methyl sites for hydroxylation is 1. The summed E-state index contributed by atoms with van der Waals surface area (Å²) in [4.78, 5) is 25.9. The molecule has 3 aromatic carbocycles. The fourth-order valence-electron chi connectivity index (χ4n) is 3.54. The van der Waals surface area contributed by atoms with Crippen molar-refractivity contribution in [3.05, 3.63) is 120 Å². The van der Waals surface area contributed by atoms with Gasteiger partial charge in [-0.1, -0.05) is 60.7 Å². The maximum absolute atomic E-state index is 13.2. The van der Waals surface area contributed by atoms with E-state index in [0.717, 1.165) is 16.9 Å². The molecule has 6 heteroatoms. The molecule has 0 saturated carbocycles. The summed E-state index contributed by atoms with van der Waals surface area (Å²) in [7, 11) is 0. The lowest BCUT2D eigenvalue weighted by Gasteiger charge is -2.18. The van der Waals surface area contributed by atoms with E-state index in [9.17, 15) is 9.59 Å². The molecule has 0 aliphatic carbocycles. The standard InChI is InChI=1S/C29H27NO5/c1-21-16-17-34-28(21)29(32)30-26(20-33-19-23-8-4-2-5-9-23)27(31)18-22-12-14-25(15-13-22)35-24-10-6-3-7-11-24/h2-17,26H,18-20H2,1H3,(H,30,32). The number of para-hydroxylation sites is 1. The molecule has 0 aliphatic heterocycles. The number of hydrogen-bond donors (Lipinski definition) is 1. The Morgan fingerprint density at radius 1 is 0.829 bits per heavy atom. The number of rotatable bonds is 11. The van der Waals surface area contributed by atoms with Crippen LogP contribution in [-0.4, -0.2) is 24.3 Å². The summed E-state index contributed by atoms with van der Waals surface area (Å²) in [6.45, 7) is 2.17. The lowest BCUT2D eigenvalue weighted by Crippen LogP contribution is -2.44. The van der Waals surface area contributed by atoms with Crippen LogP contribution in [0.3, 0.4) is 0 Å². The average Bonchev–Trinajstić information content (AvgIpc) is 3.32. The van der Waals surface area contributed by atoms with Crippen LogP contribution in [0.1, 0.15) is 27.2 Å². The fraction of sp³-hybridized carbons (Fsp3) is 0.172. The number of ether oxygens (including phenoxy) is 2. The van der Waals surface area contributed by atoms with E-state index < -0.39 is 11.9 Å². The molecular weight excluding hydrogens is 442 g/mol. The van der Waals surface area contributed by atoms with Gasteiger partial charge in [-0.3, -0.25) is 9.59 Å². The number of ketones is 1. The Hall–Kier alpha value is -4.16. The highest BCUT2D eigenvalue weighted by Gasteiger charge is 2.24. The van der Waals surface area contributed by atoms with E-state index in [-0.39, 0.29) is 24.6 Å². The summed E-state index contributed by atoms with van der Waals surface area (Å²) in [6, 6.07) is 27.4. The van der Waals surface area contributed by atoms with E-state index in [1.54, 1.807) is 13.0 Å². The molecule has 4 rings (SSSR count). The summed E-state index contributed by atoms with van der Waals surface area (Å²) in [5, 5.41) is 2.78. The van der Waals surface area contributed by atoms with Crippen LogP contribution in [-0.2, 0) is 22.6 Å². The second-order valence-electron chi connectivity index (χ2n) is 8.16. The van der Waals surface area contributed by atoms with Crippen molar-refractivity contribution in [2.75, 3.05) is 6.61 Å². The molecule has 1 atom stereocenters. The predicted octanol–water partition coefficient (Wildman–Crippen LogP) is 5.51. The van der Waals surface area contributed by atoms with Crippen LogP contribution in [0.25, 0.3) is 0 Å². The van der Waals surface area contributed by atoms with Crippen LogP contribution >= 0.6 is 0 Å². The molecule has 4 aromatic rings. The highest BCUT2D eigenvalue weighted by atomic mass is 16.5. The fourth-order valence-corrected chi connectivity index (χ4v) is 3.54. The zero-order valence-corrected chi connectivity index (χ0v) is 19.5. The number of carbonyl (C=O) groups excluding carboxylic acids is 2. The topological polar surface area (TPSA) is 77.8 Å². The Morgan fingerprint density at radius 2 is 1.49 bits per heavy atom. The monoisotopic (exact) mass is 469 g/mol. The normalized spacial score (nSPS) is 11.6. The van der Waals surface area contributed by atoms with Gasteiger partial charge in [0.2, 0.25) is 0 Å². The van der Waals surface area contributed by atoms with Gasteiger partial charge in [-0.05, 0) is 48.4 Å². The number of amides is 1. The van der Waals surface area contributed by atoms with Crippen molar-refractivity contribution in [2.24, 2.45) is 0 Å². The maximum Gasteiger partial charge on any atom is 0.287 e. The van der Waals surface area contributed by atoms with Gasteiger partial charge in [0.05, 0.1) is 19.5 Å². The quantitative estimate of drug-likeness (QED) is 0.314. The summed E-state index contributed by atoms with van der Waals surface area (Å²) >= 11 is 0. The van der Waals surface area contributed by atoms with Crippen molar-refractivity contribution in [3.8, 4) is 11.5 Å². The van der Waals surface area contributed by atoms with Gasteiger partial charge in [0, 0.05) is 12.0 Å². The smallest absolute Gasteiger partial charge is 0.287 e. The molecule has 178 valence electrons. The first-order valence-corrected chi connectivity index (χ1v) is 11.4. The van der Waals surface area contributed by atoms with E-state index in [0.29, 0.717) is 17.9 Å². The molecule has 0 bridgehead atoms. The molecule has 6 nitrogen and oxygen atoms in total. The molecule has 0 spiro atoms. The minimum atomic E-state index is -0.823. The first-order chi connectivity index (χ1) is 17.1. The highest BCUT2D eigenvalue weighted by Crippen LogP contribution is 2.21. The number of hydrogen-bond acceptors (Lipinski definition) is 5. The van der Waals surface area contributed by atoms with Gasteiger partial charge in [-0.25, -0.2) is 0 Å². The summed E-state index contributed by atoms with van der Waals surface area (Å²) in [6.07, 6.45) is 1.59. The Balaban J connectivity index is 1.40. The Morgan fingerprint density at radius 3 is 2.14 bits per heavy atom. The van der Waals surface area contributed by atoms with Crippen LogP contribution in [0.5, 0.6) is 11.5 Å². The van der Waals surface area contributed by atoms with Gasteiger partial charge < -0.3 is 19.2 Å². The summed E-state index contributed by atoms with van der Waals surface area (Å²) < 4.78 is 16.9. The largest absolute Gasteiger partial charge is 0.459 e. The zero-order chi connectivity index (χ0) is 24.5. The molecule has 1 amide bonds. The van der Waals surface area contributed by atoms with E-state index >= 15 is 0 Å². The minimum absolute atomic E-state index is 0.0500. The third-order valence-corrected chi connectivity index (χ3v) is 5.44. The van der Waals surface area contributed by atoms with Gasteiger partial charge in [0.15, 0.2) is 11.5 Å². The molecule has 35 heavy (non-hydrogen) atoms. The van der Waals surface area contributed by atoms with Gasteiger partial charge in [0.1, 0.15) is 17.5 Å². The zero-order valence-electron chi connectivity index (χ0n) is 19.5. The number of Topliss-reactive ketones (excluding diaryl/α,β-unsaturated/α-hetero) is 1. The number of benzene rings is 3. The first-order valence-electron chi connectivity index (χ1n) is 11.4. The lowest BCUT2D eigenvalue weighted by atomic mass is 10.0.